The molecular formula is C18H39NO4. The van der Waals surface area contributed by atoms with Crippen LogP contribution in [0.15, 0.2) is 0 Å². The molecule has 0 amide bonds. The SMILES string of the molecule is CC.CC.COCCOCC1OCC(N2CCC(C)CC2)CO1. The Labute approximate surface area is 143 Å². The number of hydrogen-bond donors (Lipinski definition) is 0. The minimum absolute atomic E-state index is 0.211. The quantitative estimate of drug-likeness (QED) is 0.698. The second-order valence-corrected chi connectivity index (χ2v) is 5.54. The Morgan fingerprint density at radius 3 is 2.04 bits per heavy atom. The summed E-state index contributed by atoms with van der Waals surface area (Å²) in [6, 6.07) is 0.419. The summed E-state index contributed by atoms with van der Waals surface area (Å²) >= 11 is 0. The van der Waals surface area contributed by atoms with E-state index >= 15 is 0 Å². The van der Waals surface area contributed by atoms with Gasteiger partial charge in [-0.15, -0.1) is 0 Å². The lowest BCUT2D eigenvalue weighted by Crippen LogP contribution is -2.50. The van der Waals surface area contributed by atoms with E-state index in [0.717, 1.165) is 19.1 Å². The smallest absolute Gasteiger partial charge is 0.180 e. The Hall–Kier alpha value is -0.200. The minimum Gasteiger partial charge on any atom is -0.382 e. The van der Waals surface area contributed by atoms with Crippen LogP contribution < -0.4 is 0 Å². The second-order valence-electron chi connectivity index (χ2n) is 5.54. The molecule has 0 aliphatic carbocycles. The first-order chi connectivity index (χ1) is 11.3. The Bertz CT molecular complexity index is 237. The van der Waals surface area contributed by atoms with E-state index in [1.54, 1.807) is 7.11 Å². The first-order valence-corrected chi connectivity index (χ1v) is 9.33. The molecular weight excluding hydrogens is 294 g/mol. The average Bonchev–Trinajstić information content (AvgIpc) is 2.63. The minimum atomic E-state index is -0.211. The van der Waals surface area contributed by atoms with Crippen LogP contribution in [0.3, 0.4) is 0 Å². The van der Waals surface area contributed by atoms with Crippen molar-refractivity contribution in [2.45, 2.75) is 59.8 Å². The lowest BCUT2D eigenvalue weighted by atomic mass is 9.98. The van der Waals surface area contributed by atoms with Gasteiger partial charge in [0.2, 0.25) is 0 Å². The highest BCUT2D eigenvalue weighted by molar-refractivity contribution is 4.78. The number of methoxy groups -OCH3 is 1. The molecule has 2 saturated heterocycles. The van der Waals surface area contributed by atoms with Gasteiger partial charge in [-0.05, 0) is 31.8 Å². The monoisotopic (exact) mass is 333 g/mol. The highest BCUT2D eigenvalue weighted by atomic mass is 16.7. The molecule has 2 fully saturated rings. The van der Waals surface area contributed by atoms with Gasteiger partial charge in [0.1, 0.15) is 0 Å². The third kappa shape index (κ3) is 9.62. The van der Waals surface area contributed by atoms with Crippen LogP contribution in [-0.4, -0.2) is 70.5 Å². The van der Waals surface area contributed by atoms with Crippen LogP contribution in [-0.2, 0) is 18.9 Å². The molecule has 2 heterocycles. The van der Waals surface area contributed by atoms with Crippen molar-refractivity contribution >= 4 is 0 Å². The zero-order valence-electron chi connectivity index (χ0n) is 16.2. The van der Waals surface area contributed by atoms with Gasteiger partial charge in [-0.25, -0.2) is 0 Å². The zero-order valence-corrected chi connectivity index (χ0v) is 16.2. The van der Waals surface area contributed by atoms with Crippen molar-refractivity contribution in [2.24, 2.45) is 5.92 Å². The summed E-state index contributed by atoms with van der Waals surface area (Å²) < 4.78 is 21.8. The molecule has 5 nitrogen and oxygen atoms in total. The standard InChI is InChI=1S/C14H27NO4.2C2H6/c1-12-3-5-15(6-4-12)13-9-18-14(19-10-13)11-17-8-7-16-2;2*1-2/h12-14H,3-11H2,1-2H3;2*1-2H3. The molecule has 0 aromatic heterocycles. The van der Waals surface area contributed by atoms with Gasteiger partial charge in [-0.2, -0.15) is 0 Å². The first-order valence-electron chi connectivity index (χ1n) is 9.33. The maximum atomic E-state index is 5.72. The summed E-state index contributed by atoms with van der Waals surface area (Å²) in [5, 5.41) is 0. The molecule has 140 valence electrons. The van der Waals surface area contributed by atoms with Crippen LogP contribution >= 0.6 is 0 Å². The molecule has 2 aliphatic heterocycles. The Balaban J connectivity index is 0.00000112. The van der Waals surface area contributed by atoms with Gasteiger partial charge in [0.15, 0.2) is 6.29 Å². The van der Waals surface area contributed by atoms with E-state index in [1.807, 2.05) is 27.7 Å². The maximum absolute atomic E-state index is 5.72. The molecule has 0 bridgehead atoms. The topological polar surface area (TPSA) is 40.2 Å². The Morgan fingerprint density at radius 1 is 0.957 bits per heavy atom. The molecule has 23 heavy (non-hydrogen) atoms. The number of hydrogen-bond acceptors (Lipinski definition) is 5. The normalized spacial score (nSPS) is 25.8. The van der Waals surface area contributed by atoms with E-state index in [9.17, 15) is 0 Å². The summed E-state index contributed by atoms with van der Waals surface area (Å²) in [6.07, 6.45) is 2.37. The van der Waals surface area contributed by atoms with Gasteiger partial charge in [0.05, 0.1) is 39.1 Å². The van der Waals surface area contributed by atoms with Gasteiger partial charge in [-0.1, -0.05) is 34.6 Å². The second kappa shape index (κ2) is 15.3. The van der Waals surface area contributed by atoms with Crippen LogP contribution in [0.5, 0.6) is 0 Å². The number of piperidine rings is 1. The Morgan fingerprint density at radius 2 is 1.52 bits per heavy atom. The average molecular weight is 334 g/mol. The first kappa shape index (κ1) is 22.8. The summed E-state index contributed by atoms with van der Waals surface area (Å²) in [6.45, 7) is 15.9. The number of ether oxygens (including phenoxy) is 4. The van der Waals surface area contributed by atoms with Crippen LogP contribution in [0, 0.1) is 5.92 Å². The molecule has 0 N–H and O–H groups in total. The van der Waals surface area contributed by atoms with Crippen LogP contribution in [0.25, 0.3) is 0 Å². The fourth-order valence-electron chi connectivity index (χ4n) is 2.56. The number of likely N-dealkylation sites (tertiary alicyclic amines) is 1. The molecule has 2 rings (SSSR count). The van der Waals surface area contributed by atoms with E-state index < -0.39 is 0 Å². The van der Waals surface area contributed by atoms with Crippen LogP contribution in [0.4, 0.5) is 0 Å². The largest absolute Gasteiger partial charge is 0.382 e. The molecule has 0 radical (unpaired) electrons. The summed E-state index contributed by atoms with van der Waals surface area (Å²) in [5.41, 5.74) is 0. The van der Waals surface area contributed by atoms with Gasteiger partial charge in [0.25, 0.3) is 0 Å². The molecule has 0 saturated carbocycles. The van der Waals surface area contributed by atoms with Crippen LogP contribution in [0.2, 0.25) is 0 Å². The number of nitrogens with zero attached hydrogens (tertiary/aromatic N) is 1. The third-order valence-corrected chi connectivity index (χ3v) is 3.97. The van der Waals surface area contributed by atoms with E-state index in [-0.39, 0.29) is 6.29 Å². The molecule has 0 aromatic carbocycles. The summed E-state index contributed by atoms with van der Waals surface area (Å²) in [5.74, 6) is 0.864. The molecule has 0 aromatic rings. The van der Waals surface area contributed by atoms with Gasteiger partial charge in [0, 0.05) is 7.11 Å². The fraction of sp³-hybridized carbons (Fsp3) is 1.00. The van der Waals surface area contributed by atoms with Gasteiger partial charge in [-0.3, -0.25) is 4.90 Å². The molecule has 0 unspecified atom stereocenters. The van der Waals surface area contributed by atoms with Crippen molar-refractivity contribution in [2.75, 3.05) is 53.2 Å². The van der Waals surface area contributed by atoms with E-state index in [1.165, 1.54) is 25.9 Å². The van der Waals surface area contributed by atoms with E-state index in [4.69, 9.17) is 18.9 Å². The molecule has 5 heteroatoms. The lowest BCUT2D eigenvalue weighted by Gasteiger charge is -2.39. The van der Waals surface area contributed by atoms with E-state index in [0.29, 0.717) is 25.9 Å². The predicted molar refractivity (Wildman–Crippen MR) is 94.8 cm³/mol. The van der Waals surface area contributed by atoms with Crippen molar-refractivity contribution in [1.29, 1.82) is 0 Å². The van der Waals surface area contributed by atoms with Crippen molar-refractivity contribution in [3.05, 3.63) is 0 Å². The maximum Gasteiger partial charge on any atom is 0.180 e. The summed E-state index contributed by atoms with van der Waals surface area (Å²) in [7, 11) is 1.67. The summed E-state index contributed by atoms with van der Waals surface area (Å²) in [4.78, 5) is 2.50. The van der Waals surface area contributed by atoms with Crippen molar-refractivity contribution in [3.63, 3.8) is 0 Å². The van der Waals surface area contributed by atoms with Crippen molar-refractivity contribution in [1.82, 2.24) is 4.90 Å². The molecule has 2 aliphatic rings. The van der Waals surface area contributed by atoms with Gasteiger partial charge < -0.3 is 18.9 Å². The van der Waals surface area contributed by atoms with Crippen molar-refractivity contribution < 1.29 is 18.9 Å². The zero-order chi connectivity index (χ0) is 17.5. The van der Waals surface area contributed by atoms with E-state index in [2.05, 4.69) is 11.8 Å². The molecule has 0 spiro atoms. The number of rotatable bonds is 6. The van der Waals surface area contributed by atoms with Crippen LogP contribution in [0.1, 0.15) is 47.5 Å². The predicted octanol–water partition coefficient (Wildman–Crippen LogP) is 3.18. The van der Waals surface area contributed by atoms with Crippen molar-refractivity contribution in [3.8, 4) is 0 Å². The Kier molecular flexibility index (Phi) is 15.2. The molecule has 0 atom stereocenters. The lowest BCUT2D eigenvalue weighted by molar-refractivity contribution is -0.226. The highest BCUT2D eigenvalue weighted by Crippen LogP contribution is 2.20. The van der Waals surface area contributed by atoms with Gasteiger partial charge >= 0.3 is 0 Å². The third-order valence-electron chi connectivity index (χ3n) is 3.97. The fourth-order valence-corrected chi connectivity index (χ4v) is 2.56. The highest BCUT2D eigenvalue weighted by Gasteiger charge is 2.29.